The molecule has 0 aliphatic heterocycles. The lowest BCUT2D eigenvalue weighted by Crippen LogP contribution is -2.02. The summed E-state index contributed by atoms with van der Waals surface area (Å²) in [6, 6.07) is 64.0. The van der Waals surface area contributed by atoms with Gasteiger partial charge in [-0.1, -0.05) is 146 Å². The Hall–Kier alpha value is -6.91. The molecule has 0 atom stereocenters. The number of rotatable bonds is 5. The van der Waals surface area contributed by atoms with Crippen LogP contribution < -0.4 is 0 Å². The molecule has 4 heteroatoms. The maximum absolute atomic E-state index is 5.16. The van der Waals surface area contributed by atoms with Crippen LogP contribution in [0, 0.1) is 0 Å². The molecule has 2 aromatic heterocycles. The monoisotopic (exact) mass is 650 g/mol. The molecule has 0 radical (unpaired) electrons. The molecule has 0 fully saturated rings. The standard InChI is InChI=1S/C47H30N4/c1-3-15-32(16-4-1)45-48-46(33-17-5-2-6-18-33)50-47(49-45)40-27-26-36(30-41(40)38-24-13-21-31-14-9-10-22-37(31)38)51-43-25-12-11-23-39(43)42-28-34-19-7-8-20-35(34)29-44(42)51/h1-30H. The van der Waals surface area contributed by atoms with E-state index >= 15 is 0 Å². The van der Waals surface area contributed by atoms with Gasteiger partial charge in [-0.05, 0) is 69.1 Å². The molecule has 0 amide bonds. The Kier molecular flexibility index (Phi) is 6.78. The van der Waals surface area contributed by atoms with E-state index in [1.54, 1.807) is 0 Å². The summed E-state index contributed by atoms with van der Waals surface area (Å²) in [5.74, 6) is 1.91. The van der Waals surface area contributed by atoms with Crippen LogP contribution in [0.4, 0.5) is 0 Å². The third kappa shape index (κ3) is 4.96. The first-order valence-corrected chi connectivity index (χ1v) is 17.2. The van der Waals surface area contributed by atoms with Gasteiger partial charge in [0.25, 0.3) is 0 Å². The number of benzene rings is 8. The molecule has 0 unspecified atom stereocenters. The highest BCUT2D eigenvalue weighted by atomic mass is 15.0. The molecule has 0 bridgehead atoms. The van der Waals surface area contributed by atoms with Crippen LogP contribution in [0.3, 0.4) is 0 Å². The minimum absolute atomic E-state index is 0.630. The first-order valence-electron chi connectivity index (χ1n) is 17.2. The Morgan fingerprint density at radius 2 is 0.882 bits per heavy atom. The van der Waals surface area contributed by atoms with E-state index < -0.39 is 0 Å². The van der Waals surface area contributed by atoms with E-state index in [2.05, 4.69) is 150 Å². The Morgan fingerprint density at radius 1 is 0.314 bits per heavy atom. The molecule has 10 rings (SSSR count). The maximum Gasteiger partial charge on any atom is 0.164 e. The molecule has 4 nitrogen and oxygen atoms in total. The fourth-order valence-corrected chi connectivity index (χ4v) is 7.41. The molecule has 0 saturated heterocycles. The average Bonchev–Trinajstić information content (AvgIpc) is 3.53. The highest BCUT2D eigenvalue weighted by molar-refractivity contribution is 6.13. The first kappa shape index (κ1) is 29.0. The molecule has 0 aliphatic rings. The minimum atomic E-state index is 0.630. The number of hydrogen-bond donors (Lipinski definition) is 0. The zero-order valence-electron chi connectivity index (χ0n) is 27.6. The van der Waals surface area contributed by atoms with E-state index in [-0.39, 0.29) is 0 Å². The molecule has 238 valence electrons. The maximum atomic E-state index is 5.16. The van der Waals surface area contributed by atoms with Crippen molar-refractivity contribution >= 4 is 43.4 Å². The summed E-state index contributed by atoms with van der Waals surface area (Å²) in [6.45, 7) is 0. The van der Waals surface area contributed by atoms with Crippen molar-refractivity contribution in [3.8, 4) is 51.0 Å². The Bertz CT molecular complexity index is 2850. The van der Waals surface area contributed by atoms with Crippen molar-refractivity contribution in [2.75, 3.05) is 0 Å². The van der Waals surface area contributed by atoms with Gasteiger partial charge >= 0.3 is 0 Å². The molecular formula is C47H30N4. The van der Waals surface area contributed by atoms with E-state index in [0.29, 0.717) is 17.5 Å². The summed E-state index contributed by atoms with van der Waals surface area (Å²) in [4.78, 5) is 15.3. The number of nitrogens with zero attached hydrogens (tertiary/aromatic N) is 4. The summed E-state index contributed by atoms with van der Waals surface area (Å²) < 4.78 is 2.40. The van der Waals surface area contributed by atoms with Crippen LogP contribution in [0.15, 0.2) is 182 Å². The molecule has 0 aliphatic carbocycles. The van der Waals surface area contributed by atoms with Gasteiger partial charge in [0.15, 0.2) is 17.5 Å². The third-order valence-electron chi connectivity index (χ3n) is 9.82. The van der Waals surface area contributed by atoms with Crippen molar-refractivity contribution in [1.29, 1.82) is 0 Å². The highest BCUT2D eigenvalue weighted by Crippen LogP contribution is 2.40. The zero-order valence-corrected chi connectivity index (χ0v) is 27.6. The Morgan fingerprint density at radius 3 is 1.61 bits per heavy atom. The van der Waals surface area contributed by atoms with Crippen LogP contribution in [0.25, 0.3) is 94.3 Å². The van der Waals surface area contributed by atoms with Crippen LogP contribution >= 0.6 is 0 Å². The van der Waals surface area contributed by atoms with E-state index in [1.165, 1.54) is 37.8 Å². The summed E-state index contributed by atoms with van der Waals surface area (Å²) >= 11 is 0. The molecule has 2 heterocycles. The van der Waals surface area contributed by atoms with Crippen LogP contribution in [0.1, 0.15) is 0 Å². The zero-order chi connectivity index (χ0) is 33.7. The lowest BCUT2D eigenvalue weighted by atomic mass is 9.93. The number of aromatic nitrogens is 4. The third-order valence-corrected chi connectivity index (χ3v) is 9.82. The SMILES string of the molecule is c1ccc(-c2nc(-c3ccccc3)nc(-c3ccc(-n4c5ccccc5c5cc6ccccc6cc54)cc3-c3cccc4ccccc34)n2)cc1. The number of para-hydroxylation sites is 1. The van der Waals surface area contributed by atoms with Crippen molar-refractivity contribution in [2.24, 2.45) is 0 Å². The predicted octanol–water partition coefficient (Wildman–Crippen LogP) is 11.9. The van der Waals surface area contributed by atoms with Gasteiger partial charge in [0, 0.05) is 33.2 Å². The van der Waals surface area contributed by atoms with Crippen molar-refractivity contribution in [2.45, 2.75) is 0 Å². The summed E-state index contributed by atoms with van der Waals surface area (Å²) in [6.07, 6.45) is 0. The van der Waals surface area contributed by atoms with Gasteiger partial charge < -0.3 is 4.57 Å². The van der Waals surface area contributed by atoms with Crippen LogP contribution in [-0.2, 0) is 0 Å². The smallest absolute Gasteiger partial charge is 0.164 e. The minimum Gasteiger partial charge on any atom is -0.309 e. The number of hydrogen-bond acceptors (Lipinski definition) is 3. The molecule has 51 heavy (non-hydrogen) atoms. The molecule has 0 N–H and O–H groups in total. The second-order valence-corrected chi connectivity index (χ2v) is 12.9. The fourth-order valence-electron chi connectivity index (χ4n) is 7.41. The first-order chi connectivity index (χ1) is 25.3. The van der Waals surface area contributed by atoms with Crippen molar-refractivity contribution in [1.82, 2.24) is 19.5 Å². The lowest BCUT2D eigenvalue weighted by Gasteiger charge is -2.17. The van der Waals surface area contributed by atoms with Crippen LogP contribution in [0.2, 0.25) is 0 Å². The molecule has 10 aromatic rings. The van der Waals surface area contributed by atoms with Crippen molar-refractivity contribution < 1.29 is 0 Å². The molecule has 8 aromatic carbocycles. The quantitative estimate of drug-likeness (QED) is 0.186. The molecular weight excluding hydrogens is 621 g/mol. The van der Waals surface area contributed by atoms with Crippen LogP contribution in [0.5, 0.6) is 0 Å². The van der Waals surface area contributed by atoms with Gasteiger partial charge in [-0.25, -0.2) is 15.0 Å². The topological polar surface area (TPSA) is 43.6 Å². The van der Waals surface area contributed by atoms with Gasteiger partial charge in [0.1, 0.15) is 0 Å². The normalized spacial score (nSPS) is 11.5. The average molecular weight is 651 g/mol. The fraction of sp³-hybridized carbons (Fsp3) is 0. The molecule has 0 spiro atoms. The Balaban J connectivity index is 1.28. The van der Waals surface area contributed by atoms with E-state index in [0.717, 1.165) is 39.0 Å². The summed E-state index contributed by atoms with van der Waals surface area (Å²) in [5, 5.41) is 7.27. The van der Waals surface area contributed by atoms with E-state index in [9.17, 15) is 0 Å². The summed E-state index contributed by atoms with van der Waals surface area (Å²) in [5.41, 5.74) is 8.42. The largest absolute Gasteiger partial charge is 0.309 e. The van der Waals surface area contributed by atoms with Gasteiger partial charge in [0.05, 0.1) is 11.0 Å². The number of fused-ring (bicyclic) bond motifs is 5. The van der Waals surface area contributed by atoms with Crippen LogP contribution in [-0.4, -0.2) is 19.5 Å². The lowest BCUT2D eigenvalue weighted by molar-refractivity contribution is 1.07. The van der Waals surface area contributed by atoms with E-state index in [1.807, 2.05) is 36.4 Å². The predicted molar refractivity (Wildman–Crippen MR) is 211 cm³/mol. The van der Waals surface area contributed by atoms with E-state index in [4.69, 9.17) is 15.0 Å². The molecule has 0 saturated carbocycles. The Labute approximate surface area is 295 Å². The van der Waals surface area contributed by atoms with Gasteiger partial charge in [-0.3, -0.25) is 0 Å². The van der Waals surface area contributed by atoms with Crippen molar-refractivity contribution in [3.05, 3.63) is 182 Å². The van der Waals surface area contributed by atoms with Crippen molar-refractivity contribution in [3.63, 3.8) is 0 Å². The second kappa shape index (κ2) is 11.9. The second-order valence-electron chi connectivity index (χ2n) is 12.9. The highest BCUT2D eigenvalue weighted by Gasteiger charge is 2.20. The van der Waals surface area contributed by atoms with Gasteiger partial charge in [0.2, 0.25) is 0 Å². The summed E-state index contributed by atoms with van der Waals surface area (Å²) in [7, 11) is 0. The van der Waals surface area contributed by atoms with Gasteiger partial charge in [-0.2, -0.15) is 0 Å². The van der Waals surface area contributed by atoms with Gasteiger partial charge in [-0.15, -0.1) is 0 Å².